The summed E-state index contributed by atoms with van der Waals surface area (Å²) in [6, 6.07) is 12.1. The van der Waals surface area contributed by atoms with Crippen LogP contribution >= 0.6 is 0 Å². The van der Waals surface area contributed by atoms with Gasteiger partial charge in [-0.15, -0.1) is 0 Å². The molecule has 3 aromatic rings. The van der Waals surface area contributed by atoms with Crippen LogP contribution in [0.25, 0.3) is 22.1 Å². The molecule has 0 radical (unpaired) electrons. The molecule has 0 aliphatic heterocycles. The van der Waals surface area contributed by atoms with Gasteiger partial charge < -0.3 is 9.52 Å². The van der Waals surface area contributed by atoms with Crippen molar-refractivity contribution in [2.75, 3.05) is 0 Å². The van der Waals surface area contributed by atoms with E-state index in [0.29, 0.717) is 5.75 Å². The highest BCUT2D eigenvalue weighted by atomic mass is 16.3. The largest absolute Gasteiger partial charge is 0.507 e. The Kier molecular flexibility index (Phi) is 6.69. The quantitative estimate of drug-likeness (QED) is 0.541. The standard InChI is InChI=1S/C21H24O2.C2H6/c1-4-6-12-16-17-13-14(3)20(22)19(15-10-8-7-9-11-15)21(17)23-18(16)5-2;1-2/h7-11,13,22H,4-6,12H2,1-3H3;1-2H3. The Morgan fingerprint density at radius 3 is 2.32 bits per heavy atom. The number of phenolic OH excluding ortho intramolecular Hbond substituents is 1. The summed E-state index contributed by atoms with van der Waals surface area (Å²) in [5.41, 5.74) is 4.85. The first kappa shape index (κ1) is 19.1. The van der Waals surface area contributed by atoms with Crippen LogP contribution in [0.15, 0.2) is 40.8 Å². The zero-order valence-corrected chi connectivity index (χ0v) is 16.1. The Morgan fingerprint density at radius 1 is 1.04 bits per heavy atom. The van der Waals surface area contributed by atoms with E-state index in [1.165, 1.54) is 12.0 Å². The van der Waals surface area contributed by atoms with Gasteiger partial charge in [-0.25, -0.2) is 0 Å². The normalized spacial score (nSPS) is 10.6. The second-order valence-electron chi connectivity index (χ2n) is 6.12. The Labute approximate surface area is 151 Å². The Balaban J connectivity index is 0.00000109. The van der Waals surface area contributed by atoms with E-state index in [4.69, 9.17) is 4.42 Å². The first-order valence-electron chi connectivity index (χ1n) is 9.49. The van der Waals surface area contributed by atoms with Crippen molar-refractivity contribution in [3.8, 4) is 16.9 Å². The Hall–Kier alpha value is -2.22. The van der Waals surface area contributed by atoms with Crippen molar-refractivity contribution in [1.82, 2.24) is 0 Å². The van der Waals surface area contributed by atoms with Crippen LogP contribution < -0.4 is 0 Å². The van der Waals surface area contributed by atoms with Gasteiger partial charge in [0.25, 0.3) is 0 Å². The molecular weight excluding hydrogens is 308 g/mol. The Morgan fingerprint density at radius 2 is 1.72 bits per heavy atom. The maximum atomic E-state index is 10.6. The summed E-state index contributed by atoms with van der Waals surface area (Å²) in [4.78, 5) is 0. The number of fused-ring (bicyclic) bond motifs is 1. The number of rotatable bonds is 5. The molecule has 0 aliphatic carbocycles. The van der Waals surface area contributed by atoms with E-state index in [9.17, 15) is 5.11 Å². The minimum Gasteiger partial charge on any atom is -0.507 e. The van der Waals surface area contributed by atoms with E-state index in [0.717, 1.165) is 52.7 Å². The van der Waals surface area contributed by atoms with Gasteiger partial charge >= 0.3 is 0 Å². The average Bonchev–Trinajstić information content (AvgIpc) is 3.00. The third kappa shape index (κ3) is 3.73. The third-order valence-electron chi connectivity index (χ3n) is 4.49. The molecule has 25 heavy (non-hydrogen) atoms. The first-order valence-corrected chi connectivity index (χ1v) is 9.49. The second kappa shape index (κ2) is 8.75. The lowest BCUT2D eigenvalue weighted by Crippen LogP contribution is -1.89. The molecule has 2 nitrogen and oxygen atoms in total. The first-order chi connectivity index (χ1) is 12.2. The molecule has 0 saturated carbocycles. The van der Waals surface area contributed by atoms with Crippen molar-refractivity contribution in [2.45, 2.75) is 60.3 Å². The summed E-state index contributed by atoms with van der Waals surface area (Å²) in [5, 5.41) is 11.8. The molecule has 2 heteroatoms. The van der Waals surface area contributed by atoms with Gasteiger partial charge in [0, 0.05) is 17.4 Å². The van der Waals surface area contributed by atoms with Crippen LogP contribution in [0.5, 0.6) is 5.75 Å². The van der Waals surface area contributed by atoms with E-state index >= 15 is 0 Å². The molecule has 2 aromatic carbocycles. The lowest BCUT2D eigenvalue weighted by molar-refractivity contribution is 0.471. The summed E-state index contributed by atoms with van der Waals surface area (Å²) < 4.78 is 6.21. The number of aromatic hydroxyl groups is 1. The van der Waals surface area contributed by atoms with Gasteiger partial charge in [0.05, 0.1) is 5.56 Å². The molecule has 134 valence electrons. The monoisotopic (exact) mass is 338 g/mol. The maximum absolute atomic E-state index is 10.6. The van der Waals surface area contributed by atoms with Crippen LogP contribution in [0, 0.1) is 6.92 Å². The molecular formula is C23H30O2. The fourth-order valence-corrected chi connectivity index (χ4v) is 3.24. The van der Waals surface area contributed by atoms with Crippen LogP contribution in [0.1, 0.15) is 57.4 Å². The van der Waals surface area contributed by atoms with Crippen LogP contribution in [-0.4, -0.2) is 5.11 Å². The van der Waals surface area contributed by atoms with Gasteiger partial charge in [-0.3, -0.25) is 0 Å². The van der Waals surface area contributed by atoms with Crippen LogP contribution in [0.3, 0.4) is 0 Å². The van der Waals surface area contributed by atoms with Gasteiger partial charge in [0.1, 0.15) is 17.1 Å². The van der Waals surface area contributed by atoms with Crippen molar-refractivity contribution in [3.63, 3.8) is 0 Å². The lowest BCUT2D eigenvalue weighted by atomic mass is 9.96. The highest BCUT2D eigenvalue weighted by molar-refractivity contribution is 5.99. The molecule has 1 N–H and O–H groups in total. The summed E-state index contributed by atoms with van der Waals surface area (Å²) in [7, 11) is 0. The van der Waals surface area contributed by atoms with E-state index in [2.05, 4.69) is 19.9 Å². The highest BCUT2D eigenvalue weighted by Crippen LogP contribution is 2.42. The van der Waals surface area contributed by atoms with E-state index in [1.54, 1.807) is 0 Å². The van der Waals surface area contributed by atoms with Crippen molar-refractivity contribution in [3.05, 3.63) is 53.3 Å². The van der Waals surface area contributed by atoms with Crippen LogP contribution in [-0.2, 0) is 12.8 Å². The number of phenols is 1. The molecule has 0 bridgehead atoms. The number of hydrogen-bond acceptors (Lipinski definition) is 2. The lowest BCUT2D eigenvalue weighted by Gasteiger charge is -2.09. The summed E-state index contributed by atoms with van der Waals surface area (Å²) >= 11 is 0. The van der Waals surface area contributed by atoms with E-state index in [1.807, 2.05) is 51.1 Å². The van der Waals surface area contributed by atoms with Gasteiger partial charge in [-0.2, -0.15) is 0 Å². The molecule has 0 fully saturated rings. The zero-order valence-electron chi connectivity index (χ0n) is 16.1. The van der Waals surface area contributed by atoms with Crippen molar-refractivity contribution < 1.29 is 9.52 Å². The van der Waals surface area contributed by atoms with Crippen molar-refractivity contribution in [2.24, 2.45) is 0 Å². The molecule has 0 aliphatic rings. The fraction of sp³-hybridized carbons (Fsp3) is 0.391. The molecule has 1 heterocycles. The molecule has 0 amide bonds. The molecule has 0 unspecified atom stereocenters. The Bertz CT molecular complexity index is 813. The van der Waals surface area contributed by atoms with E-state index < -0.39 is 0 Å². The predicted molar refractivity (Wildman–Crippen MR) is 107 cm³/mol. The number of aryl methyl sites for hydroxylation is 3. The average molecular weight is 338 g/mol. The third-order valence-corrected chi connectivity index (χ3v) is 4.49. The van der Waals surface area contributed by atoms with E-state index in [-0.39, 0.29) is 0 Å². The van der Waals surface area contributed by atoms with Gasteiger partial charge in [-0.1, -0.05) is 64.4 Å². The van der Waals surface area contributed by atoms with Crippen LogP contribution in [0.2, 0.25) is 0 Å². The fourth-order valence-electron chi connectivity index (χ4n) is 3.24. The van der Waals surface area contributed by atoms with Crippen molar-refractivity contribution in [1.29, 1.82) is 0 Å². The van der Waals surface area contributed by atoms with Crippen LogP contribution in [0.4, 0.5) is 0 Å². The summed E-state index contributed by atoms with van der Waals surface area (Å²) in [6.07, 6.45) is 4.23. The highest BCUT2D eigenvalue weighted by Gasteiger charge is 2.20. The van der Waals surface area contributed by atoms with Gasteiger partial charge in [0.2, 0.25) is 0 Å². The predicted octanol–water partition coefficient (Wildman–Crippen LogP) is 7.05. The molecule has 3 rings (SSSR count). The summed E-state index contributed by atoms with van der Waals surface area (Å²) in [6.45, 7) is 10.3. The van der Waals surface area contributed by atoms with Gasteiger partial charge in [0.15, 0.2) is 0 Å². The van der Waals surface area contributed by atoms with Gasteiger partial charge in [-0.05, 0) is 37.0 Å². The smallest absolute Gasteiger partial charge is 0.146 e. The summed E-state index contributed by atoms with van der Waals surface area (Å²) in [5.74, 6) is 1.37. The molecule has 0 saturated heterocycles. The minimum atomic E-state index is 0.321. The second-order valence-corrected chi connectivity index (χ2v) is 6.12. The topological polar surface area (TPSA) is 33.4 Å². The molecule has 0 atom stereocenters. The molecule has 0 spiro atoms. The maximum Gasteiger partial charge on any atom is 0.146 e. The number of furan rings is 1. The van der Waals surface area contributed by atoms with Crippen molar-refractivity contribution >= 4 is 11.0 Å². The number of unbranched alkanes of at least 4 members (excludes halogenated alkanes) is 1. The number of benzene rings is 2. The zero-order chi connectivity index (χ0) is 18.4. The molecule has 1 aromatic heterocycles. The number of hydrogen-bond donors (Lipinski definition) is 1. The minimum absolute atomic E-state index is 0.321. The SMILES string of the molecule is CC.CCCCc1c(CC)oc2c(-c3ccccc3)c(O)c(C)cc12.